The number of alkyl halides is 3. The number of hydrogen-bond acceptors (Lipinski definition) is 5. The maximum absolute atomic E-state index is 13.0. The Labute approximate surface area is 190 Å². The van der Waals surface area contributed by atoms with Crippen LogP contribution in [0.2, 0.25) is 0 Å². The molecule has 0 spiro atoms. The molecule has 0 atom stereocenters. The van der Waals surface area contributed by atoms with Gasteiger partial charge in [-0.15, -0.1) is 0 Å². The number of halogens is 3. The monoisotopic (exact) mass is 461 g/mol. The molecule has 0 aliphatic carbocycles. The Hall–Kier alpha value is -3.20. The Morgan fingerprint density at radius 2 is 1.88 bits per heavy atom. The zero-order valence-corrected chi connectivity index (χ0v) is 18.5. The number of carbonyl (C=O) groups is 1. The van der Waals surface area contributed by atoms with E-state index in [4.69, 9.17) is 9.26 Å². The normalized spacial score (nSPS) is 11.7. The molecule has 1 aromatic heterocycles. The van der Waals surface area contributed by atoms with E-state index >= 15 is 0 Å². The Morgan fingerprint density at radius 1 is 1.12 bits per heavy atom. The SMILES string of the molecule is CC(C)CN(CCc1nc(-c2cccc(C(F)(F)F)c2)no1)C(=O)COCc1ccccc1. The van der Waals surface area contributed by atoms with Gasteiger partial charge in [0.15, 0.2) is 0 Å². The molecule has 0 saturated carbocycles. The van der Waals surface area contributed by atoms with Gasteiger partial charge in [0, 0.05) is 25.1 Å². The minimum atomic E-state index is -4.46. The number of rotatable bonds is 10. The molecule has 6 nitrogen and oxygen atoms in total. The quantitative estimate of drug-likeness (QED) is 0.425. The van der Waals surface area contributed by atoms with Crippen LogP contribution in [0.3, 0.4) is 0 Å². The minimum Gasteiger partial charge on any atom is -0.367 e. The van der Waals surface area contributed by atoms with Crippen LogP contribution in [0.4, 0.5) is 13.2 Å². The lowest BCUT2D eigenvalue weighted by Gasteiger charge is -2.24. The Kier molecular flexibility index (Phi) is 8.21. The van der Waals surface area contributed by atoms with Crippen molar-refractivity contribution in [3.8, 4) is 11.4 Å². The first-order valence-corrected chi connectivity index (χ1v) is 10.6. The summed E-state index contributed by atoms with van der Waals surface area (Å²) in [4.78, 5) is 18.5. The Balaban J connectivity index is 1.58. The summed E-state index contributed by atoms with van der Waals surface area (Å²) in [5.74, 6) is 0.405. The largest absolute Gasteiger partial charge is 0.416 e. The highest BCUT2D eigenvalue weighted by atomic mass is 19.4. The second-order valence-electron chi connectivity index (χ2n) is 8.05. The van der Waals surface area contributed by atoms with E-state index in [2.05, 4.69) is 10.1 Å². The van der Waals surface area contributed by atoms with E-state index in [1.807, 2.05) is 44.2 Å². The van der Waals surface area contributed by atoms with E-state index < -0.39 is 11.7 Å². The maximum Gasteiger partial charge on any atom is 0.416 e. The Morgan fingerprint density at radius 3 is 2.58 bits per heavy atom. The summed E-state index contributed by atoms with van der Waals surface area (Å²) in [6.07, 6.45) is -4.17. The molecule has 33 heavy (non-hydrogen) atoms. The van der Waals surface area contributed by atoms with Gasteiger partial charge in [0.2, 0.25) is 17.6 Å². The van der Waals surface area contributed by atoms with Crippen molar-refractivity contribution in [3.05, 3.63) is 71.6 Å². The van der Waals surface area contributed by atoms with Crippen LogP contribution in [0.5, 0.6) is 0 Å². The molecule has 0 saturated heterocycles. The summed E-state index contributed by atoms with van der Waals surface area (Å²) >= 11 is 0. The maximum atomic E-state index is 13.0. The van der Waals surface area contributed by atoms with E-state index in [0.717, 1.165) is 17.7 Å². The van der Waals surface area contributed by atoms with Crippen molar-refractivity contribution in [2.24, 2.45) is 5.92 Å². The summed E-state index contributed by atoms with van der Waals surface area (Å²) in [5.41, 5.74) is 0.411. The average Bonchev–Trinajstić information content (AvgIpc) is 3.26. The third-order valence-corrected chi connectivity index (χ3v) is 4.79. The molecule has 1 heterocycles. The lowest BCUT2D eigenvalue weighted by Crippen LogP contribution is -2.38. The first-order valence-electron chi connectivity index (χ1n) is 10.6. The molecule has 3 rings (SSSR count). The third-order valence-electron chi connectivity index (χ3n) is 4.79. The van der Waals surface area contributed by atoms with Gasteiger partial charge in [0.25, 0.3) is 0 Å². The second kappa shape index (κ2) is 11.1. The van der Waals surface area contributed by atoms with E-state index in [-0.39, 0.29) is 42.1 Å². The standard InChI is InChI=1S/C24H26F3N3O3/c1-17(2)14-30(22(31)16-32-15-18-7-4-3-5-8-18)12-11-21-28-23(29-33-21)19-9-6-10-20(13-19)24(25,26)27/h3-10,13,17H,11-12,14-16H2,1-2H3. The van der Waals surface area contributed by atoms with Crippen molar-refractivity contribution in [2.75, 3.05) is 19.7 Å². The zero-order valence-electron chi connectivity index (χ0n) is 18.5. The van der Waals surface area contributed by atoms with Crippen LogP contribution >= 0.6 is 0 Å². The van der Waals surface area contributed by atoms with E-state index in [9.17, 15) is 18.0 Å². The number of nitrogens with zero attached hydrogens (tertiary/aromatic N) is 3. The summed E-state index contributed by atoms with van der Waals surface area (Å²) in [6, 6.07) is 14.3. The molecule has 2 aromatic carbocycles. The molecule has 0 unspecified atom stereocenters. The van der Waals surface area contributed by atoms with Gasteiger partial charge in [-0.25, -0.2) is 0 Å². The predicted octanol–water partition coefficient (Wildman–Crippen LogP) is 5.00. The van der Waals surface area contributed by atoms with Crippen molar-refractivity contribution in [1.29, 1.82) is 0 Å². The van der Waals surface area contributed by atoms with Gasteiger partial charge in [0.05, 0.1) is 12.2 Å². The lowest BCUT2D eigenvalue weighted by molar-refractivity contribution is -0.138. The third kappa shape index (κ3) is 7.42. The highest BCUT2D eigenvalue weighted by Gasteiger charge is 2.30. The zero-order chi connectivity index (χ0) is 23.8. The first-order chi connectivity index (χ1) is 15.7. The van der Waals surface area contributed by atoms with Crippen LogP contribution in [0.15, 0.2) is 59.1 Å². The van der Waals surface area contributed by atoms with Gasteiger partial charge < -0.3 is 14.2 Å². The average molecular weight is 461 g/mol. The fourth-order valence-corrected chi connectivity index (χ4v) is 3.22. The molecular formula is C24H26F3N3O3. The van der Waals surface area contributed by atoms with E-state index in [1.165, 1.54) is 12.1 Å². The second-order valence-corrected chi connectivity index (χ2v) is 8.05. The first kappa shape index (κ1) is 24.4. The van der Waals surface area contributed by atoms with Crippen molar-refractivity contribution in [2.45, 2.75) is 33.1 Å². The number of amides is 1. The molecule has 176 valence electrons. The van der Waals surface area contributed by atoms with Crippen molar-refractivity contribution < 1.29 is 27.2 Å². The van der Waals surface area contributed by atoms with Gasteiger partial charge in [0.1, 0.15) is 6.61 Å². The molecule has 1 amide bonds. The highest BCUT2D eigenvalue weighted by molar-refractivity contribution is 5.77. The highest BCUT2D eigenvalue weighted by Crippen LogP contribution is 2.31. The molecule has 9 heteroatoms. The molecule has 0 fully saturated rings. The topological polar surface area (TPSA) is 68.5 Å². The molecule has 0 aliphatic heterocycles. The lowest BCUT2D eigenvalue weighted by atomic mass is 10.1. The number of carbonyl (C=O) groups excluding carboxylic acids is 1. The van der Waals surface area contributed by atoms with Crippen LogP contribution < -0.4 is 0 Å². The fourth-order valence-electron chi connectivity index (χ4n) is 3.22. The van der Waals surface area contributed by atoms with Crippen molar-refractivity contribution in [1.82, 2.24) is 15.0 Å². The minimum absolute atomic E-state index is 0.0546. The van der Waals surface area contributed by atoms with Crippen LogP contribution in [0.25, 0.3) is 11.4 Å². The van der Waals surface area contributed by atoms with Crippen molar-refractivity contribution in [3.63, 3.8) is 0 Å². The van der Waals surface area contributed by atoms with Crippen LogP contribution in [0, 0.1) is 5.92 Å². The Bertz CT molecular complexity index is 1040. The van der Waals surface area contributed by atoms with Crippen LogP contribution in [-0.2, 0) is 28.7 Å². The summed E-state index contributed by atoms with van der Waals surface area (Å²) < 4.78 is 49.6. The number of hydrogen-bond donors (Lipinski definition) is 0. The number of benzene rings is 2. The molecule has 0 N–H and O–H groups in total. The van der Waals surface area contributed by atoms with Crippen LogP contribution in [-0.4, -0.2) is 40.6 Å². The number of aromatic nitrogens is 2. The molecule has 0 bridgehead atoms. The van der Waals surface area contributed by atoms with Gasteiger partial charge in [-0.3, -0.25) is 4.79 Å². The summed E-state index contributed by atoms with van der Waals surface area (Å²) in [6.45, 7) is 5.15. The van der Waals surface area contributed by atoms with Gasteiger partial charge in [-0.2, -0.15) is 18.2 Å². The summed E-state index contributed by atoms with van der Waals surface area (Å²) in [7, 11) is 0. The smallest absolute Gasteiger partial charge is 0.367 e. The predicted molar refractivity (Wildman–Crippen MR) is 116 cm³/mol. The van der Waals surface area contributed by atoms with Gasteiger partial charge in [-0.1, -0.05) is 61.5 Å². The molecule has 0 aliphatic rings. The molecular weight excluding hydrogens is 435 g/mol. The fraction of sp³-hybridized carbons (Fsp3) is 0.375. The van der Waals surface area contributed by atoms with Gasteiger partial charge >= 0.3 is 6.18 Å². The molecule has 3 aromatic rings. The van der Waals surface area contributed by atoms with Crippen molar-refractivity contribution >= 4 is 5.91 Å². The van der Waals surface area contributed by atoms with Crippen LogP contribution in [0.1, 0.15) is 30.9 Å². The van der Waals surface area contributed by atoms with Gasteiger partial charge in [-0.05, 0) is 23.6 Å². The number of ether oxygens (including phenoxy) is 1. The van der Waals surface area contributed by atoms with E-state index in [0.29, 0.717) is 19.7 Å². The summed E-state index contributed by atoms with van der Waals surface area (Å²) in [5, 5.41) is 3.79. The van der Waals surface area contributed by atoms with E-state index in [1.54, 1.807) is 4.90 Å². The molecule has 0 radical (unpaired) electrons.